The number of carboxylic acid groups (broad SMARTS) is 1. The summed E-state index contributed by atoms with van der Waals surface area (Å²) >= 11 is 1.38. The summed E-state index contributed by atoms with van der Waals surface area (Å²) in [5.74, 6) is 1.05. The number of hydrogen-bond acceptors (Lipinski definition) is 9. The molecule has 37 heavy (non-hydrogen) atoms. The van der Waals surface area contributed by atoms with Crippen molar-refractivity contribution in [2.75, 3.05) is 32.8 Å². The minimum absolute atomic E-state index is 0.00981. The third-order valence-electron chi connectivity index (χ3n) is 6.01. The summed E-state index contributed by atoms with van der Waals surface area (Å²) in [6.45, 7) is 3.72. The van der Waals surface area contributed by atoms with E-state index in [0.29, 0.717) is 54.8 Å². The molecule has 0 bridgehead atoms. The predicted octanol–water partition coefficient (Wildman–Crippen LogP) is 2.74. The minimum atomic E-state index is -0.877. The Morgan fingerprint density at radius 2 is 2.27 bits per heavy atom. The number of aliphatic carboxylic acids is 1. The summed E-state index contributed by atoms with van der Waals surface area (Å²) in [6, 6.07) is 3.23. The van der Waals surface area contributed by atoms with Crippen LogP contribution in [0.4, 0.5) is 4.39 Å². The lowest BCUT2D eigenvalue weighted by atomic mass is 9.92. The smallest absolute Gasteiger partial charge is 0.338 e. The van der Waals surface area contributed by atoms with Crippen molar-refractivity contribution in [2.45, 2.75) is 31.9 Å². The van der Waals surface area contributed by atoms with Gasteiger partial charge in [-0.25, -0.2) is 14.2 Å². The van der Waals surface area contributed by atoms with E-state index >= 15 is 0 Å². The van der Waals surface area contributed by atoms with Gasteiger partial charge in [0, 0.05) is 48.9 Å². The molecule has 194 valence electrons. The largest absolute Gasteiger partial charge is 0.481 e. The summed E-state index contributed by atoms with van der Waals surface area (Å²) in [5.41, 5.74) is 1.63. The maximum atomic E-state index is 14.0. The molecule has 1 aromatic heterocycles. The van der Waals surface area contributed by atoms with Gasteiger partial charge in [-0.2, -0.15) is 0 Å². The van der Waals surface area contributed by atoms with Crippen LogP contribution in [0.5, 0.6) is 0 Å². The Labute approximate surface area is 218 Å². The van der Waals surface area contributed by atoms with Crippen molar-refractivity contribution in [2.24, 2.45) is 4.99 Å². The summed E-state index contributed by atoms with van der Waals surface area (Å²) in [4.78, 5) is 35.6. The number of rotatable bonds is 9. The Bertz CT molecular complexity index is 1250. The van der Waals surface area contributed by atoms with Crippen LogP contribution in [0.15, 0.2) is 46.0 Å². The first kappa shape index (κ1) is 26.5. The van der Waals surface area contributed by atoms with Gasteiger partial charge < -0.3 is 19.9 Å². The molecule has 0 unspecified atom stereocenters. The molecule has 9 nitrogen and oxygen atoms in total. The molecule has 11 heteroatoms. The number of carbonyl (C=O) groups is 2. The minimum Gasteiger partial charge on any atom is -0.481 e. The lowest BCUT2D eigenvalue weighted by Crippen LogP contribution is -2.46. The van der Waals surface area contributed by atoms with E-state index in [2.05, 4.69) is 21.1 Å². The topological polar surface area (TPSA) is 113 Å². The van der Waals surface area contributed by atoms with Crippen LogP contribution in [-0.2, 0) is 19.1 Å². The molecule has 1 fully saturated rings. The summed E-state index contributed by atoms with van der Waals surface area (Å²) < 4.78 is 25.2. The summed E-state index contributed by atoms with van der Waals surface area (Å²) in [6.07, 6.45) is 7.51. The Morgan fingerprint density at radius 1 is 1.43 bits per heavy atom. The van der Waals surface area contributed by atoms with Gasteiger partial charge >= 0.3 is 11.9 Å². The molecule has 2 aromatic rings. The zero-order valence-corrected chi connectivity index (χ0v) is 21.1. The molecule has 0 amide bonds. The van der Waals surface area contributed by atoms with Gasteiger partial charge in [0.2, 0.25) is 0 Å². The number of aliphatic imine (C=N–C) groups is 1. The fourth-order valence-electron chi connectivity index (χ4n) is 4.34. The number of benzene rings is 1. The highest BCUT2D eigenvalue weighted by Gasteiger charge is 2.35. The first-order chi connectivity index (χ1) is 17.9. The number of carboxylic acids is 1. The van der Waals surface area contributed by atoms with Crippen molar-refractivity contribution in [1.82, 2.24) is 15.2 Å². The van der Waals surface area contributed by atoms with Gasteiger partial charge in [0.05, 0.1) is 24.9 Å². The average molecular weight is 527 g/mol. The number of carbonyl (C=O) groups excluding carboxylic acids is 1. The number of amidine groups is 1. The maximum absolute atomic E-state index is 14.0. The third kappa shape index (κ3) is 6.40. The van der Waals surface area contributed by atoms with Gasteiger partial charge in [-0.3, -0.25) is 14.7 Å². The Hall–Kier alpha value is -3.59. The highest BCUT2D eigenvalue weighted by atomic mass is 32.1. The normalized spacial score (nSPS) is 20.1. The standard InChI is InChI=1S/C26H27FN4O5S/c1-3-16-13-17(27)5-7-19(16)23-22(26(34)35-4-2)20(29-24(30-23)25-28-9-12-37-25)15-31-10-11-36-18(14-31)6-8-21(32)33/h1,5,7,9,12-13,18,23H,4,6,8,10-11,14-15H2,2H3,(H,29,30)(H,32,33)/t18-,23+/m1/s1. The van der Waals surface area contributed by atoms with Crippen molar-refractivity contribution in [1.29, 1.82) is 0 Å². The number of ether oxygens (including phenoxy) is 2. The molecule has 2 N–H and O–H groups in total. The number of nitrogens with zero attached hydrogens (tertiary/aromatic N) is 3. The highest BCUT2D eigenvalue weighted by Crippen LogP contribution is 2.35. The molecule has 2 aliphatic rings. The first-order valence-corrected chi connectivity index (χ1v) is 12.7. The fourth-order valence-corrected chi connectivity index (χ4v) is 4.93. The van der Waals surface area contributed by atoms with E-state index in [-0.39, 0.29) is 30.3 Å². The second kappa shape index (κ2) is 12.1. The number of halogens is 1. The third-order valence-corrected chi connectivity index (χ3v) is 6.79. The fraction of sp³-hybridized carbons (Fsp3) is 0.385. The van der Waals surface area contributed by atoms with Gasteiger partial charge in [0.25, 0.3) is 0 Å². The van der Waals surface area contributed by atoms with E-state index in [9.17, 15) is 14.0 Å². The SMILES string of the molecule is C#Cc1cc(F)ccc1[C@@H]1N=C(c2nccs2)NC(CN2CCO[C@H](CCC(=O)O)C2)=C1C(=O)OCC. The molecular formula is C26H27FN4O5S. The van der Waals surface area contributed by atoms with Crippen LogP contribution in [0, 0.1) is 18.2 Å². The Kier molecular flexibility index (Phi) is 8.66. The van der Waals surface area contributed by atoms with Crippen molar-refractivity contribution >= 4 is 29.1 Å². The second-order valence-corrected chi connectivity index (χ2v) is 9.39. The van der Waals surface area contributed by atoms with Crippen molar-refractivity contribution in [3.63, 3.8) is 0 Å². The number of morpholine rings is 1. The number of thiazole rings is 1. The zero-order chi connectivity index (χ0) is 26.4. The van der Waals surface area contributed by atoms with E-state index in [4.69, 9.17) is 26.0 Å². The molecule has 1 aromatic carbocycles. The van der Waals surface area contributed by atoms with Gasteiger partial charge in [0.1, 0.15) is 11.9 Å². The number of nitrogens with one attached hydrogen (secondary N) is 1. The molecule has 2 atom stereocenters. The van der Waals surface area contributed by atoms with Crippen molar-refractivity contribution < 1.29 is 28.6 Å². The second-order valence-electron chi connectivity index (χ2n) is 8.49. The lowest BCUT2D eigenvalue weighted by molar-refractivity contribution is -0.139. The van der Waals surface area contributed by atoms with Gasteiger partial charge in [0.15, 0.2) is 10.8 Å². The maximum Gasteiger partial charge on any atom is 0.338 e. The van der Waals surface area contributed by atoms with Gasteiger partial charge in [-0.05, 0) is 31.0 Å². The van der Waals surface area contributed by atoms with Crippen LogP contribution in [0.25, 0.3) is 0 Å². The first-order valence-electron chi connectivity index (χ1n) is 11.9. The molecule has 4 rings (SSSR count). The van der Waals surface area contributed by atoms with E-state index in [1.165, 1.54) is 29.5 Å². The van der Waals surface area contributed by atoms with E-state index in [1.54, 1.807) is 13.1 Å². The highest BCUT2D eigenvalue weighted by molar-refractivity contribution is 7.11. The van der Waals surface area contributed by atoms with Crippen LogP contribution in [0.2, 0.25) is 0 Å². The number of esters is 1. The quantitative estimate of drug-likeness (QED) is 0.379. The summed E-state index contributed by atoms with van der Waals surface area (Å²) in [7, 11) is 0. The van der Waals surface area contributed by atoms with E-state index < -0.39 is 23.8 Å². The molecule has 3 heterocycles. The van der Waals surface area contributed by atoms with Crippen LogP contribution in [0.3, 0.4) is 0 Å². The zero-order valence-electron chi connectivity index (χ0n) is 20.3. The van der Waals surface area contributed by atoms with Crippen molar-refractivity contribution in [3.05, 3.63) is 63.0 Å². The van der Waals surface area contributed by atoms with Crippen LogP contribution >= 0.6 is 11.3 Å². The lowest BCUT2D eigenvalue weighted by Gasteiger charge is -2.35. The van der Waals surface area contributed by atoms with E-state index in [0.717, 1.165) is 0 Å². The molecular weight excluding hydrogens is 499 g/mol. The molecule has 0 radical (unpaired) electrons. The van der Waals surface area contributed by atoms with Gasteiger partial charge in [-0.15, -0.1) is 17.8 Å². The molecule has 0 aliphatic carbocycles. The monoisotopic (exact) mass is 526 g/mol. The van der Waals surface area contributed by atoms with Crippen LogP contribution in [0.1, 0.15) is 41.9 Å². The Balaban J connectivity index is 1.75. The number of aromatic nitrogens is 1. The van der Waals surface area contributed by atoms with Gasteiger partial charge in [-0.1, -0.05) is 12.0 Å². The van der Waals surface area contributed by atoms with Crippen LogP contribution < -0.4 is 5.32 Å². The molecule has 0 saturated carbocycles. The summed E-state index contributed by atoms with van der Waals surface area (Å²) in [5, 5.41) is 14.8. The number of terminal acetylenes is 1. The average Bonchev–Trinajstić information content (AvgIpc) is 3.42. The number of hydrogen-bond donors (Lipinski definition) is 2. The molecule has 2 aliphatic heterocycles. The molecule has 1 saturated heterocycles. The van der Waals surface area contributed by atoms with E-state index in [1.807, 2.05) is 5.38 Å². The predicted molar refractivity (Wildman–Crippen MR) is 136 cm³/mol. The molecule has 0 spiro atoms. The van der Waals surface area contributed by atoms with Crippen molar-refractivity contribution in [3.8, 4) is 12.3 Å². The van der Waals surface area contributed by atoms with Crippen LogP contribution in [-0.4, -0.2) is 71.7 Å². The Morgan fingerprint density at radius 3 is 2.97 bits per heavy atom.